The number of rotatable bonds is 6. The summed E-state index contributed by atoms with van der Waals surface area (Å²) in [6, 6.07) is 4.84. The lowest BCUT2D eigenvalue weighted by Gasteiger charge is -2.29. The number of hydrogen-bond donors (Lipinski definition) is 3. The van der Waals surface area contributed by atoms with Crippen molar-refractivity contribution in [1.82, 2.24) is 10.6 Å². The minimum atomic E-state index is -0.342. The van der Waals surface area contributed by atoms with Gasteiger partial charge in [0.15, 0.2) is 0 Å². The van der Waals surface area contributed by atoms with Gasteiger partial charge in [-0.3, -0.25) is 9.59 Å². The zero-order chi connectivity index (χ0) is 17.5. The average Bonchev–Trinajstić information content (AvgIpc) is 2.57. The van der Waals surface area contributed by atoms with Crippen molar-refractivity contribution < 1.29 is 14.5 Å². The lowest BCUT2D eigenvalue weighted by atomic mass is 10.0. The molecular weight excluding hydrogens is 349 g/mol. The van der Waals surface area contributed by atoms with Crippen molar-refractivity contribution in [3.63, 3.8) is 0 Å². The number of hydrogen-bond acceptors (Lipinski definition) is 2. The molecule has 1 fully saturated rings. The minimum absolute atomic E-state index is 0.0406. The Morgan fingerprint density at radius 3 is 2.54 bits per heavy atom. The van der Waals surface area contributed by atoms with E-state index in [2.05, 4.69) is 17.6 Å². The lowest BCUT2D eigenvalue weighted by Crippen LogP contribution is -3.13. The van der Waals surface area contributed by atoms with Crippen LogP contribution in [0.3, 0.4) is 0 Å². The quantitative estimate of drug-likeness (QED) is 0.704. The van der Waals surface area contributed by atoms with Crippen LogP contribution >= 0.6 is 23.2 Å². The summed E-state index contributed by atoms with van der Waals surface area (Å²) in [5.74, 6) is -0.502. The van der Waals surface area contributed by atoms with Gasteiger partial charge in [0.25, 0.3) is 5.91 Å². The summed E-state index contributed by atoms with van der Waals surface area (Å²) in [5.41, 5.74) is 0.383. The summed E-state index contributed by atoms with van der Waals surface area (Å²) in [4.78, 5) is 25.6. The van der Waals surface area contributed by atoms with Crippen LogP contribution < -0.4 is 15.5 Å². The zero-order valence-electron chi connectivity index (χ0n) is 13.8. The molecule has 1 aromatic carbocycles. The first-order valence-electron chi connectivity index (χ1n) is 8.35. The first-order valence-corrected chi connectivity index (χ1v) is 9.11. The molecule has 5 nitrogen and oxygen atoms in total. The number of halogens is 2. The highest BCUT2D eigenvalue weighted by molar-refractivity contribution is 6.42. The van der Waals surface area contributed by atoms with E-state index in [1.54, 1.807) is 17.0 Å². The zero-order valence-corrected chi connectivity index (χ0v) is 15.3. The van der Waals surface area contributed by atoms with Gasteiger partial charge in [-0.05, 0) is 24.6 Å². The predicted octanol–water partition coefficient (Wildman–Crippen LogP) is 1.30. The molecule has 0 saturated carbocycles. The van der Waals surface area contributed by atoms with Crippen LogP contribution in [0.1, 0.15) is 36.5 Å². The van der Waals surface area contributed by atoms with Crippen LogP contribution in [0.5, 0.6) is 0 Å². The van der Waals surface area contributed by atoms with E-state index in [4.69, 9.17) is 23.2 Å². The second-order valence-corrected chi connectivity index (χ2v) is 6.97. The van der Waals surface area contributed by atoms with E-state index in [0.717, 1.165) is 25.9 Å². The van der Waals surface area contributed by atoms with E-state index in [1.807, 2.05) is 0 Å². The molecule has 7 heteroatoms. The predicted molar refractivity (Wildman–Crippen MR) is 95.8 cm³/mol. The number of piperidine rings is 1. The third kappa shape index (κ3) is 5.65. The highest BCUT2D eigenvalue weighted by atomic mass is 35.5. The lowest BCUT2D eigenvalue weighted by molar-refractivity contribution is -0.905. The Kier molecular flexibility index (Phi) is 7.34. The summed E-state index contributed by atoms with van der Waals surface area (Å²) < 4.78 is 0. The fourth-order valence-corrected chi connectivity index (χ4v) is 3.25. The summed E-state index contributed by atoms with van der Waals surface area (Å²) in [6.45, 7) is 5.53. The molecule has 0 unspecified atom stereocenters. The fourth-order valence-electron chi connectivity index (χ4n) is 2.95. The Balaban J connectivity index is 1.73. The van der Waals surface area contributed by atoms with E-state index in [9.17, 15) is 9.59 Å². The van der Waals surface area contributed by atoms with Gasteiger partial charge >= 0.3 is 0 Å². The standard InChI is InChI=1S/C17H23Cl2N3O2/c1-2-7-22-8-5-13(6-9-22)21-16(23)11-20-17(24)12-3-4-14(18)15(19)10-12/h3-4,10,13H,2,5-9,11H2,1H3,(H,20,24)(H,21,23)/p+1. The Morgan fingerprint density at radius 1 is 1.21 bits per heavy atom. The minimum Gasteiger partial charge on any atom is -0.351 e. The second kappa shape index (κ2) is 9.25. The van der Waals surface area contributed by atoms with E-state index in [-0.39, 0.29) is 24.4 Å². The Morgan fingerprint density at radius 2 is 1.92 bits per heavy atom. The Hall–Kier alpha value is -1.30. The van der Waals surface area contributed by atoms with Crippen LogP contribution in [0, 0.1) is 0 Å². The van der Waals surface area contributed by atoms with Crippen molar-refractivity contribution in [1.29, 1.82) is 0 Å². The van der Waals surface area contributed by atoms with Crippen LogP contribution in [0.4, 0.5) is 0 Å². The van der Waals surface area contributed by atoms with Gasteiger partial charge in [-0.25, -0.2) is 0 Å². The van der Waals surface area contributed by atoms with Crippen LogP contribution in [-0.4, -0.2) is 44.0 Å². The molecule has 0 radical (unpaired) electrons. The summed E-state index contributed by atoms with van der Waals surface area (Å²) in [7, 11) is 0. The van der Waals surface area contributed by atoms with E-state index in [0.29, 0.717) is 15.6 Å². The molecule has 1 aliphatic heterocycles. The Bertz CT molecular complexity index is 587. The van der Waals surface area contributed by atoms with Gasteiger partial charge in [-0.1, -0.05) is 30.1 Å². The van der Waals surface area contributed by atoms with Gasteiger partial charge in [-0.2, -0.15) is 0 Å². The summed E-state index contributed by atoms with van der Waals surface area (Å²) >= 11 is 11.7. The first-order chi connectivity index (χ1) is 11.5. The number of amides is 2. The molecule has 2 rings (SSSR count). The normalized spacial score (nSPS) is 20.5. The van der Waals surface area contributed by atoms with Crippen LogP contribution in [-0.2, 0) is 4.79 Å². The molecule has 3 N–H and O–H groups in total. The van der Waals surface area contributed by atoms with Crippen molar-refractivity contribution in [3.8, 4) is 0 Å². The van der Waals surface area contributed by atoms with Crippen molar-refractivity contribution >= 4 is 35.0 Å². The molecule has 1 heterocycles. The monoisotopic (exact) mass is 372 g/mol. The molecule has 0 aliphatic carbocycles. The van der Waals surface area contributed by atoms with Crippen molar-refractivity contribution in [2.75, 3.05) is 26.2 Å². The topological polar surface area (TPSA) is 62.6 Å². The molecular formula is C17H24Cl2N3O2+. The second-order valence-electron chi connectivity index (χ2n) is 6.15. The van der Waals surface area contributed by atoms with Crippen LogP contribution in [0.15, 0.2) is 18.2 Å². The van der Waals surface area contributed by atoms with E-state index >= 15 is 0 Å². The SMILES string of the molecule is CCC[NH+]1CCC(NC(=O)CNC(=O)c2ccc(Cl)c(Cl)c2)CC1. The van der Waals surface area contributed by atoms with Gasteiger partial charge < -0.3 is 15.5 Å². The summed E-state index contributed by atoms with van der Waals surface area (Å²) in [6.07, 6.45) is 3.16. The number of carbonyl (C=O) groups excluding carboxylic acids is 2. The van der Waals surface area contributed by atoms with Gasteiger partial charge in [0.05, 0.1) is 36.2 Å². The van der Waals surface area contributed by atoms with Gasteiger partial charge in [-0.15, -0.1) is 0 Å². The number of benzene rings is 1. The maximum atomic E-state index is 12.0. The van der Waals surface area contributed by atoms with Gasteiger partial charge in [0, 0.05) is 24.4 Å². The van der Waals surface area contributed by atoms with Crippen molar-refractivity contribution in [3.05, 3.63) is 33.8 Å². The van der Waals surface area contributed by atoms with Crippen LogP contribution in [0.2, 0.25) is 10.0 Å². The molecule has 1 aromatic rings. The van der Waals surface area contributed by atoms with Gasteiger partial charge in [0.2, 0.25) is 5.91 Å². The van der Waals surface area contributed by atoms with Crippen LogP contribution in [0.25, 0.3) is 0 Å². The first kappa shape index (κ1) is 19.0. The molecule has 0 spiro atoms. The number of likely N-dealkylation sites (tertiary alicyclic amines) is 1. The molecule has 132 valence electrons. The highest BCUT2D eigenvalue weighted by Gasteiger charge is 2.22. The molecule has 24 heavy (non-hydrogen) atoms. The highest BCUT2D eigenvalue weighted by Crippen LogP contribution is 2.22. The number of quaternary nitrogens is 1. The van der Waals surface area contributed by atoms with Crippen molar-refractivity contribution in [2.45, 2.75) is 32.2 Å². The fraction of sp³-hybridized carbons (Fsp3) is 0.529. The molecule has 1 saturated heterocycles. The third-order valence-electron chi connectivity index (χ3n) is 4.25. The smallest absolute Gasteiger partial charge is 0.251 e. The molecule has 2 amide bonds. The molecule has 0 bridgehead atoms. The van der Waals surface area contributed by atoms with E-state index in [1.165, 1.54) is 19.0 Å². The Labute approximate surface area is 152 Å². The largest absolute Gasteiger partial charge is 0.351 e. The number of nitrogens with one attached hydrogen (secondary N) is 3. The average molecular weight is 373 g/mol. The number of carbonyl (C=O) groups is 2. The van der Waals surface area contributed by atoms with E-state index < -0.39 is 0 Å². The molecule has 1 aliphatic rings. The van der Waals surface area contributed by atoms with Crippen molar-refractivity contribution in [2.24, 2.45) is 0 Å². The maximum Gasteiger partial charge on any atom is 0.251 e. The third-order valence-corrected chi connectivity index (χ3v) is 4.99. The molecule has 0 atom stereocenters. The van der Waals surface area contributed by atoms with Gasteiger partial charge in [0.1, 0.15) is 0 Å². The maximum absolute atomic E-state index is 12.0. The molecule has 0 aromatic heterocycles. The summed E-state index contributed by atoms with van der Waals surface area (Å²) in [5, 5.41) is 6.31.